The van der Waals surface area contributed by atoms with Crippen LogP contribution in [0, 0.1) is 5.92 Å². The summed E-state index contributed by atoms with van der Waals surface area (Å²) in [6, 6.07) is 5.17. The Hall–Kier alpha value is -1.49. The van der Waals surface area contributed by atoms with Gasteiger partial charge in [0.25, 0.3) is 0 Å². The zero-order valence-corrected chi connectivity index (χ0v) is 13.8. The maximum Gasteiger partial charge on any atom is 0.335 e. The molecular weight excluding hydrogens is 284 g/mol. The molecule has 2 rings (SSSR count). The smallest absolute Gasteiger partial charge is 0.335 e. The van der Waals surface area contributed by atoms with Crippen molar-refractivity contribution in [3.63, 3.8) is 0 Å². The van der Waals surface area contributed by atoms with Gasteiger partial charge in [0.2, 0.25) is 0 Å². The Bertz CT molecular complexity index is 649. The van der Waals surface area contributed by atoms with Crippen molar-refractivity contribution >= 4 is 28.8 Å². The van der Waals surface area contributed by atoms with Gasteiger partial charge in [0.05, 0.1) is 16.6 Å². The summed E-state index contributed by atoms with van der Waals surface area (Å²) in [6.07, 6.45) is 2.11. The Morgan fingerprint density at radius 2 is 2.10 bits per heavy atom. The van der Waals surface area contributed by atoms with Crippen LogP contribution in [0.2, 0.25) is 0 Å². The Balaban J connectivity index is 2.53. The van der Waals surface area contributed by atoms with Crippen LogP contribution in [0.5, 0.6) is 0 Å². The van der Waals surface area contributed by atoms with Crippen molar-refractivity contribution in [2.24, 2.45) is 5.92 Å². The number of hydrogen-bond donors (Lipinski definition) is 1. The Kier molecular flexibility index (Phi) is 4.93. The van der Waals surface area contributed by atoms with Crippen LogP contribution in [0.25, 0.3) is 11.0 Å². The monoisotopic (exact) mass is 306 g/mol. The zero-order chi connectivity index (χ0) is 15.6. The number of rotatable bonds is 6. The van der Waals surface area contributed by atoms with E-state index < -0.39 is 5.97 Å². The molecule has 4 nitrogen and oxygen atoms in total. The average Bonchev–Trinajstić information content (AvgIpc) is 2.77. The number of nitrogens with zero attached hydrogens (tertiary/aromatic N) is 2. The lowest BCUT2D eigenvalue weighted by atomic mass is 10.1. The minimum Gasteiger partial charge on any atom is -0.478 e. The van der Waals surface area contributed by atoms with Gasteiger partial charge in [-0.3, -0.25) is 0 Å². The van der Waals surface area contributed by atoms with Crippen LogP contribution >= 0.6 is 11.8 Å². The molecule has 0 aliphatic carbocycles. The number of hydrogen-bond acceptors (Lipinski definition) is 3. The standard InChI is InChI=1S/C16H22N2O2S/c1-10(2)15-17-13-6-5-12(16(19)20)7-14(13)18(15)8-11(3)9-21-4/h5-7,10-11H,8-9H2,1-4H3,(H,19,20). The van der Waals surface area contributed by atoms with E-state index in [1.807, 2.05) is 11.8 Å². The molecule has 0 saturated heterocycles. The van der Waals surface area contributed by atoms with Gasteiger partial charge in [-0.25, -0.2) is 9.78 Å². The first kappa shape index (κ1) is 15.9. The maximum absolute atomic E-state index is 11.2. The number of carboxylic acids is 1. The Labute approximate surface area is 129 Å². The normalized spacial score (nSPS) is 13.0. The summed E-state index contributed by atoms with van der Waals surface area (Å²) in [7, 11) is 0. The molecule has 1 aromatic heterocycles. The molecular formula is C16H22N2O2S. The quantitative estimate of drug-likeness (QED) is 0.880. The molecule has 21 heavy (non-hydrogen) atoms. The van der Waals surface area contributed by atoms with Crippen LogP contribution in [0.15, 0.2) is 18.2 Å². The van der Waals surface area contributed by atoms with Crippen LogP contribution in [0.4, 0.5) is 0 Å². The summed E-state index contributed by atoms with van der Waals surface area (Å²) in [6.45, 7) is 7.32. The van der Waals surface area contributed by atoms with Gasteiger partial charge in [0.1, 0.15) is 5.82 Å². The van der Waals surface area contributed by atoms with Gasteiger partial charge >= 0.3 is 5.97 Å². The molecule has 1 heterocycles. The average molecular weight is 306 g/mol. The molecule has 0 aliphatic heterocycles. The summed E-state index contributed by atoms with van der Waals surface area (Å²) in [5, 5.41) is 9.18. The van der Waals surface area contributed by atoms with E-state index in [9.17, 15) is 9.90 Å². The van der Waals surface area contributed by atoms with Crippen LogP contribution in [0.3, 0.4) is 0 Å². The highest BCUT2D eigenvalue weighted by Gasteiger charge is 2.17. The molecule has 1 atom stereocenters. The van der Waals surface area contributed by atoms with E-state index in [1.165, 1.54) is 0 Å². The lowest BCUT2D eigenvalue weighted by Crippen LogP contribution is -2.13. The van der Waals surface area contributed by atoms with Crippen LogP contribution < -0.4 is 0 Å². The molecule has 0 spiro atoms. The second-order valence-electron chi connectivity index (χ2n) is 5.80. The number of aromatic carboxylic acids is 1. The zero-order valence-electron chi connectivity index (χ0n) is 13.0. The van der Waals surface area contributed by atoms with Crippen molar-refractivity contribution in [2.75, 3.05) is 12.0 Å². The molecule has 1 unspecified atom stereocenters. The second-order valence-corrected chi connectivity index (χ2v) is 6.72. The number of aromatic nitrogens is 2. The predicted octanol–water partition coefficient (Wildman–Crippen LogP) is 3.86. The first-order chi connectivity index (χ1) is 9.93. The van der Waals surface area contributed by atoms with Gasteiger partial charge in [0, 0.05) is 12.5 Å². The summed E-state index contributed by atoms with van der Waals surface area (Å²) in [5.41, 5.74) is 2.11. The van der Waals surface area contributed by atoms with Gasteiger partial charge < -0.3 is 9.67 Å². The number of fused-ring (bicyclic) bond motifs is 1. The Morgan fingerprint density at radius 1 is 1.38 bits per heavy atom. The molecule has 114 valence electrons. The van der Waals surface area contributed by atoms with Crippen LogP contribution in [0.1, 0.15) is 42.9 Å². The third-order valence-electron chi connectivity index (χ3n) is 3.49. The van der Waals surface area contributed by atoms with Crippen LogP contribution in [-0.4, -0.2) is 32.6 Å². The molecule has 1 N–H and O–H groups in total. The van der Waals surface area contributed by atoms with Crippen molar-refractivity contribution in [3.8, 4) is 0 Å². The van der Waals surface area contributed by atoms with Gasteiger partial charge in [0.15, 0.2) is 0 Å². The summed E-state index contributed by atoms with van der Waals surface area (Å²) >= 11 is 1.83. The van der Waals surface area contributed by atoms with E-state index in [0.29, 0.717) is 17.4 Å². The van der Waals surface area contributed by atoms with E-state index >= 15 is 0 Å². The molecule has 0 radical (unpaired) electrons. The first-order valence-corrected chi connectivity index (χ1v) is 8.55. The fourth-order valence-corrected chi connectivity index (χ4v) is 3.23. The molecule has 5 heteroatoms. The fourth-order valence-electron chi connectivity index (χ4n) is 2.56. The molecule has 0 aliphatic rings. The van der Waals surface area contributed by atoms with Gasteiger partial charge in [-0.05, 0) is 36.1 Å². The van der Waals surface area contributed by atoms with Crippen molar-refractivity contribution in [1.82, 2.24) is 9.55 Å². The van der Waals surface area contributed by atoms with Crippen LogP contribution in [-0.2, 0) is 6.54 Å². The largest absolute Gasteiger partial charge is 0.478 e. The minimum atomic E-state index is -0.895. The topological polar surface area (TPSA) is 55.1 Å². The van der Waals surface area contributed by atoms with Gasteiger partial charge in [-0.1, -0.05) is 20.8 Å². The Morgan fingerprint density at radius 3 is 2.67 bits per heavy atom. The lowest BCUT2D eigenvalue weighted by molar-refractivity contribution is 0.0697. The van der Waals surface area contributed by atoms with Crippen molar-refractivity contribution in [1.29, 1.82) is 0 Å². The van der Waals surface area contributed by atoms with Crippen molar-refractivity contribution in [2.45, 2.75) is 33.2 Å². The van der Waals surface area contributed by atoms with E-state index in [2.05, 4.69) is 36.6 Å². The fraction of sp³-hybridized carbons (Fsp3) is 0.500. The van der Waals surface area contributed by atoms with Gasteiger partial charge in [-0.15, -0.1) is 0 Å². The summed E-state index contributed by atoms with van der Waals surface area (Å²) in [5.74, 6) is 2.04. The molecule has 1 aromatic carbocycles. The third kappa shape index (κ3) is 3.40. The maximum atomic E-state index is 11.2. The SMILES string of the molecule is CSCC(C)Cn1c(C(C)C)nc2ccc(C(=O)O)cc21. The first-order valence-electron chi connectivity index (χ1n) is 7.16. The number of carbonyl (C=O) groups is 1. The molecule has 0 fully saturated rings. The van der Waals surface area contributed by atoms with E-state index in [0.717, 1.165) is 29.2 Å². The van der Waals surface area contributed by atoms with E-state index in [1.54, 1.807) is 18.2 Å². The predicted molar refractivity (Wildman–Crippen MR) is 88.3 cm³/mol. The number of carboxylic acid groups (broad SMARTS) is 1. The van der Waals surface area contributed by atoms with Crippen molar-refractivity contribution < 1.29 is 9.90 Å². The summed E-state index contributed by atoms with van der Waals surface area (Å²) in [4.78, 5) is 15.9. The van der Waals surface area contributed by atoms with Crippen molar-refractivity contribution in [3.05, 3.63) is 29.6 Å². The van der Waals surface area contributed by atoms with E-state index in [4.69, 9.17) is 0 Å². The molecule has 0 bridgehead atoms. The van der Waals surface area contributed by atoms with Gasteiger partial charge in [-0.2, -0.15) is 11.8 Å². The number of imidazole rings is 1. The molecule has 0 amide bonds. The highest BCUT2D eigenvalue weighted by molar-refractivity contribution is 7.98. The minimum absolute atomic E-state index is 0.312. The lowest BCUT2D eigenvalue weighted by Gasteiger charge is -2.16. The number of thioether (sulfide) groups is 1. The summed E-state index contributed by atoms with van der Waals surface area (Å²) < 4.78 is 2.19. The number of benzene rings is 1. The third-order valence-corrected chi connectivity index (χ3v) is 4.39. The molecule has 2 aromatic rings. The molecule has 0 saturated carbocycles. The highest BCUT2D eigenvalue weighted by atomic mass is 32.2. The van der Waals surface area contributed by atoms with E-state index in [-0.39, 0.29) is 0 Å². The highest BCUT2D eigenvalue weighted by Crippen LogP contribution is 2.24. The second kappa shape index (κ2) is 6.52.